The fourth-order valence-corrected chi connectivity index (χ4v) is 1.15. The van der Waals surface area contributed by atoms with Gasteiger partial charge in [0.05, 0.1) is 7.11 Å². The van der Waals surface area contributed by atoms with E-state index in [-0.39, 0.29) is 0 Å². The molecule has 1 rings (SSSR count). The van der Waals surface area contributed by atoms with Crippen LogP contribution in [0.25, 0.3) is 0 Å². The first-order chi connectivity index (χ1) is 6.19. The lowest BCUT2D eigenvalue weighted by molar-refractivity contribution is -0.143. The van der Waals surface area contributed by atoms with Gasteiger partial charge in [-0.25, -0.2) is 9.59 Å². The third-order valence-corrected chi connectivity index (χ3v) is 1.76. The van der Waals surface area contributed by atoms with Crippen LogP contribution in [-0.4, -0.2) is 31.3 Å². The number of carbonyl (C=O) groups is 2. The van der Waals surface area contributed by atoms with Crippen molar-refractivity contribution in [1.82, 2.24) is 5.32 Å². The number of alkyl carbamates (subject to hydrolysis) is 1. The van der Waals surface area contributed by atoms with Gasteiger partial charge in [0.15, 0.2) is 6.04 Å². The van der Waals surface area contributed by atoms with Crippen molar-refractivity contribution in [2.45, 2.75) is 18.6 Å². The molecule has 1 fully saturated rings. The van der Waals surface area contributed by atoms with Gasteiger partial charge < -0.3 is 14.8 Å². The highest BCUT2D eigenvalue weighted by Crippen LogP contribution is 2.13. The van der Waals surface area contributed by atoms with Crippen LogP contribution in [0.1, 0.15) is 6.42 Å². The highest BCUT2D eigenvalue weighted by molar-refractivity contribution is 5.84. The quantitative estimate of drug-likeness (QED) is 0.504. The van der Waals surface area contributed by atoms with Crippen LogP contribution in [0.2, 0.25) is 0 Å². The Labute approximate surface area is 75.7 Å². The number of nitrogens with one attached hydrogen (secondary N) is 1. The molecule has 0 aromatic heterocycles. The van der Waals surface area contributed by atoms with Crippen LogP contribution in [0.15, 0.2) is 12.7 Å². The molecule has 0 bridgehead atoms. The Morgan fingerprint density at radius 3 is 3.08 bits per heavy atom. The molecular formula is C8H11NO4. The Kier molecular flexibility index (Phi) is 2.89. The molecule has 1 amide bonds. The second-order valence-corrected chi connectivity index (χ2v) is 2.61. The Bertz CT molecular complexity index is 238. The summed E-state index contributed by atoms with van der Waals surface area (Å²) in [5, 5.41) is 2.36. The van der Waals surface area contributed by atoms with E-state index >= 15 is 0 Å². The summed E-state index contributed by atoms with van der Waals surface area (Å²) in [7, 11) is 1.26. The van der Waals surface area contributed by atoms with Crippen molar-refractivity contribution < 1.29 is 19.1 Å². The summed E-state index contributed by atoms with van der Waals surface area (Å²) in [6.45, 7) is 3.50. The molecule has 0 saturated carbocycles. The smallest absolute Gasteiger partial charge is 0.408 e. The first-order valence-electron chi connectivity index (χ1n) is 3.85. The third kappa shape index (κ3) is 1.99. The fourth-order valence-electron chi connectivity index (χ4n) is 1.15. The second-order valence-electron chi connectivity index (χ2n) is 2.61. The standard InChI is InChI=1S/C8H11NO4/c1-3-4-5-6(7(10)12-2)9-8(11)13-5/h3,5-6H,1,4H2,2H3,(H,9,11). The van der Waals surface area contributed by atoms with E-state index in [9.17, 15) is 9.59 Å². The minimum Gasteiger partial charge on any atom is -0.467 e. The maximum absolute atomic E-state index is 11.1. The van der Waals surface area contributed by atoms with E-state index in [1.807, 2.05) is 0 Å². The van der Waals surface area contributed by atoms with Crippen molar-refractivity contribution in [3.05, 3.63) is 12.7 Å². The predicted octanol–water partition coefficient (Wildman–Crippen LogP) is 0.212. The summed E-state index contributed by atoms with van der Waals surface area (Å²) in [6, 6.07) is -0.713. The van der Waals surface area contributed by atoms with Crippen LogP contribution in [0.3, 0.4) is 0 Å². The molecule has 1 N–H and O–H groups in total. The Balaban J connectivity index is 2.65. The summed E-state index contributed by atoms with van der Waals surface area (Å²) < 4.78 is 9.31. The van der Waals surface area contributed by atoms with Gasteiger partial charge in [-0.15, -0.1) is 6.58 Å². The number of methoxy groups -OCH3 is 1. The minimum atomic E-state index is -0.713. The first-order valence-corrected chi connectivity index (χ1v) is 3.85. The second kappa shape index (κ2) is 3.93. The normalized spacial score (nSPS) is 26.1. The van der Waals surface area contributed by atoms with Gasteiger partial charge in [-0.05, 0) is 0 Å². The van der Waals surface area contributed by atoms with Crippen LogP contribution in [0, 0.1) is 0 Å². The lowest BCUT2D eigenvalue weighted by atomic mass is 10.1. The molecule has 0 aromatic rings. The Morgan fingerprint density at radius 1 is 1.85 bits per heavy atom. The number of ether oxygens (including phenoxy) is 2. The zero-order chi connectivity index (χ0) is 9.84. The van der Waals surface area contributed by atoms with Crippen LogP contribution >= 0.6 is 0 Å². The summed E-state index contributed by atoms with van der Waals surface area (Å²) in [5.41, 5.74) is 0. The lowest BCUT2D eigenvalue weighted by Gasteiger charge is -2.12. The molecule has 2 unspecified atom stereocenters. The van der Waals surface area contributed by atoms with Crippen LogP contribution in [0.4, 0.5) is 4.79 Å². The topological polar surface area (TPSA) is 64.6 Å². The summed E-state index contributed by atoms with van der Waals surface area (Å²) in [4.78, 5) is 21.9. The molecule has 1 heterocycles. The molecule has 0 aromatic carbocycles. The molecule has 0 spiro atoms. The number of hydrogen-bond acceptors (Lipinski definition) is 4. The Hall–Kier alpha value is -1.52. The average molecular weight is 185 g/mol. The molecule has 1 saturated heterocycles. The highest BCUT2D eigenvalue weighted by atomic mass is 16.6. The van der Waals surface area contributed by atoms with Crippen molar-refractivity contribution in [3.63, 3.8) is 0 Å². The molecule has 5 nitrogen and oxygen atoms in total. The van der Waals surface area contributed by atoms with Gasteiger partial charge in [0, 0.05) is 6.42 Å². The largest absolute Gasteiger partial charge is 0.467 e. The van der Waals surface area contributed by atoms with Crippen molar-refractivity contribution in [1.29, 1.82) is 0 Å². The monoisotopic (exact) mass is 185 g/mol. The SMILES string of the molecule is C=CCC1OC(=O)NC1C(=O)OC. The Morgan fingerprint density at radius 2 is 2.54 bits per heavy atom. The van der Waals surface area contributed by atoms with E-state index in [0.717, 1.165) is 0 Å². The van der Waals surface area contributed by atoms with E-state index in [4.69, 9.17) is 4.74 Å². The third-order valence-electron chi connectivity index (χ3n) is 1.76. The molecule has 72 valence electrons. The van der Waals surface area contributed by atoms with Gasteiger partial charge >= 0.3 is 12.1 Å². The van der Waals surface area contributed by atoms with Crippen molar-refractivity contribution in [3.8, 4) is 0 Å². The number of hydrogen-bond donors (Lipinski definition) is 1. The van der Waals surface area contributed by atoms with Gasteiger partial charge in [-0.1, -0.05) is 6.08 Å². The van der Waals surface area contributed by atoms with Crippen LogP contribution < -0.4 is 5.32 Å². The maximum Gasteiger partial charge on any atom is 0.408 e. The van der Waals surface area contributed by atoms with E-state index in [2.05, 4.69) is 16.6 Å². The molecule has 5 heteroatoms. The van der Waals surface area contributed by atoms with E-state index in [1.165, 1.54) is 7.11 Å². The summed E-state index contributed by atoms with van der Waals surface area (Å²) in [6.07, 6.45) is 0.916. The average Bonchev–Trinajstić information content (AvgIpc) is 2.46. The maximum atomic E-state index is 11.1. The number of esters is 1. The molecule has 13 heavy (non-hydrogen) atoms. The predicted molar refractivity (Wildman–Crippen MR) is 44.0 cm³/mol. The van der Waals surface area contributed by atoms with Gasteiger partial charge in [-0.3, -0.25) is 0 Å². The van der Waals surface area contributed by atoms with Crippen LogP contribution in [0.5, 0.6) is 0 Å². The number of amides is 1. The minimum absolute atomic E-state index is 0.429. The highest BCUT2D eigenvalue weighted by Gasteiger charge is 2.38. The van der Waals surface area contributed by atoms with Gasteiger partial charge in [0.2, 0.25) is 0 Å². The lowest BCUT2D eigenvalue weighted by Crippen LogP contribution is -2.39. The molecule has 2 atom stereocenters. The first kappa shape index (κ1) is 9.57. The number of rotatable bonds is 3. The molecular weight excluding hydrogens is 174 g/mol. The molecule has 1 aliphatic heterocycles. The van der Waals surface area contributed by atoms with Gasteiger partial charge in [-0.2, -0.15) is 0 Å². The molecule has 0 radical (unpaired) electrons. The van der Waals surface area contributed by atoms with Crippen molar-refractivity contribution in [2.75, 3.05) is 7.11 Å². The van der Waals surface area contributed by atoms with Crippen molar-refractivity contribution in [2.24, 2.45) is 0 Å². The van der Waals surface area contributed by atoms with E-state index in [1.54, 1.807) is 6.08 Å². The molecule has 0 aliphatic carbocycles. The summed E-state index contributed by atoms with van der Waals surface area (Å²) in [5.74, 6) is -0.502. The zero-order valence-corrected chi connectivity index (χ0v) is 7.28. The van der Waals surface area contributed by atoms with Gasteiger partial charge in [0.1, 0.15) is 6.10 Å². The fraction of sp³-hybridized carbons (Fsp3) is 0.500. The molecule has 1 aliphatic rings. The number of carbonyl (C=O) groups excluding carboxylic acids is 2. The van der Waals surface area contributed by atoms with Crippen molar-refractivity contribution >= 4 is 12.1 Å². The van der Waals surface area contributed by atoms with Gasteiger partial charge in [0.25, 0.3) is 0 Å². The van der Waals surface area contributed by atoms with Crippen LogP contribution in [-0.2, 0) is 14.3 Å². The number of cyclic esters (lactones) is 1. The van der Waals surface area contributed by atoms with E-state index in [0.29, 0.717) is 6.42 Å². The van der Waals surface area contributed by atoms with E-state index < -0.39 is 24.2 Å². The zero-order valence-electron chi connectivity index (χ0n) is 7.28. The summed E-state index contributed by atoms with van der Waals surface area (Å²) >= 11 is 0.